The molecule has 1 heterocycles. The molecule has 0 saturated carbocycles. The number of rotatable bonds is 1. The number of carbonyl (C=O) groups is 1. The Bertz CT molecular complexity index is 262. The SMILES string of the molecule is CC(C)(C)CC(=O)N1CCC(C(C)(C)C)CC1. The first-order valence-corrected chi connectivity index (χ1v) is 6.87. The van der Waals surface area contributed by atoms with Crippen LogP contribution in [0.25, 0.3) is 0 Å². The van der Waals surface area contributed by atoms with Crippen LogP contribution in [0.5, 0.6) is 0 Å². The Kier molecular flexibility index (Phi) is 4.27. The van der Waals surface area contributed by atoms with Crippen molar-refractivity contribution in [2.24, 2.45) is 16.7 Å². The lowest BCUT2D eigenvalue weighted by Gasteiger charge is -2.39. The van der Waals surface area contributed by atoms with E-state index in [1.54, 1.807) is 0 Å². The van der Waals surface area contributed by atoms with E-state index in [0.717, 1.165) is 19.0 Å². The quantitative estimate of drug-likeness (QED) is 0.683. The topological polar surface area (TPSA) is 20.3 Å². The van der Waals surface area contributed by atoms with Crippen molar-refractivity contribution in [2.75, 3.05) is 13.1 Å². The van der Waals surface area contributed by atoms with E-state index < -0.39 is 0 Å². The Balaban J connectivity index is 2.45. The van der Waals surface area contributed by atoms with Crippen molar-refractivity contribution in [3.8, 4) is 0 Å². The average molecular weight is 239 g/mol. The lowest BCUT2D eigenvalue weighted by molar-refractivity contribution is -0.135. The number of amides is 1. The van der Waals surface area contributed by atoms with Gasteiger partial charge in [0.25, 0.3) is 0 Å². The van der Waals surface area contributed by atoms with Gasteiger partial charge in [-0.05, 0) is 29.6 Å². The van der Waals surface area contributed by atoms with Gasteiger partial charge in [0.1, 0.15) is 0 Å². The van der Waals surface area contributed by atoms with E-state index in [4.69, 9.17) is 0 Å². The molecule has 100 valence electrons. The van der Waals surface area contributed by atoms with Crippen LogP contribution in [-0.4, -0.2) is 23.9 Å². The highest BCUT2D eigenvalue weighted by molar-refractivity contribution is 5.76. The monoisotopic (exact) mass is 239 g/mol. The molecule has 0 bridgehead atoms. The van der Waals surface area contributed by atoms with E-state index in [-0.39, 0.29) is 5.41 Å². The summed E-state index contributed by atoms with van der Waals surface area (Å²) in [6.07, 6.45) is 3.01. The highest BCUT2D eigenvalue weighted by Crippen LogP contribution is 2.34. The number of piperidine rings is 1. The van der Waals surface area contributed by atoms with E-state index in [0.29, 0.717) is 17.7 Å². The Labute approximate surface area is 107 Å². The summed E-state index contributed by atoms with van der Waals surface area (Å²) in [5, 5.41) is 0. The molecule has 1 amide bonds. The number of likely N-dealkylation sites (tertiary alicyclic amines) is 1. The molecule has 1 saturated heterocycles. The zero-order valence-electron chi connectivity index (χ0n) is 12.5. The zero-order valence-corrected chi connectivity index (χ0v) is 12.5. The van der Waals surface area contributed by atoms with E-state index in [9.17, 15) is 4.79 Å². The van der Waals surface area contributed by atoms with Gasteiger partial charge >= 0.3 is 0 Å². The van der Waals surface area contributed by atoms with Crippen LogP contribution in [0.15, 0.2) is 0 Å². The van der Waals surface area contributed by atoms with Gasteiger partial charge in [0.05, 0.1) is 0 Å². The first-order chi connectivity index (χ1) is 7.59. The maximum Gasteiger partial charge on any atom is 0.223 e. The minimum absolute atomic E-state index is 0.109. The largest absolute Gasteiger partial charge is 0.343 e. The van der Waals surface area contributed by atoms with Gasteiger partial charge in [0.2, 0.25) is 5.91 Å². The molecule has 0 aromatic carbocycles. The molecule has 0 aromatic rings. The van der Waals surface area contributed by atoms with Crippen molar-refractivity contribution in [1.82, 2.24) is 4.90 Å². The summed E-state index contributed by atoms with van der Waals surface area (Å²) in [7, 11) is 0. The van der Waals surface area contributed by atoms with Crippen molar-refractivity contribution in [1.29, 1.82) is 0 Å². The molecule has 1 rings (SSSR count). The molecule has 1 aliphatic rings. The Morgan fingerprint density at radius 1 is 1.06 bits per heavy atom. The minimum atomic E-state index is 0.109. The first kappa shape index (κ1) is 14.5. The third-order valence-corrected chi connectivity index (χ3v) is 3.75. The van der Waals surface area contributed by atoms with Crippen LogP contribution in [0.4, 0.5) is 0 Å². The van der Waals surface area contributed by atoms with Crippen molar-refractivity contribution in [3.05, 3.63) is 0 Å². The van der Waals surface area contributed by atoms with Gasteiger partial charge in [-0.25, -0.2) is 0 Å². The van der Waals surface area contributed by atoms with Crippen molar-refractivity contribution >= 4 is 5.91 Å². The molecule has 0 spiro atoms. The second-order valence-electron chi connectivity index (χ2n) is 7.76. The van der Waals surface area contributed by atoms with E-state index >= 15 is 0 Å². The molecule has 1 aliphatic heterocycles. The van der Waals surface area contributed by atoms with Crippen LogP contribution >= 0.6 is 0 Å². The molecule has 0 N–H and O–H groups in total. The van der Waals surface area contributed by atoms with Crippen LogP contribution in [-0.2, 0) is 4.79 Å². The standard InChI is InChI=1S/C15H29NO/c1-14(2,3)11-13(17)16-9-7-12(8-10-16)15(4,5)6/h12H,7-11H2,1-6H3. The fourth-order valence-corrected chi connectivity index (χ4v) is 2.56. The summed E-state index contributed by atoms with van der Waals surface area (Å²) in [5.41, 5.74) is 0.497. The molecular weight excluding hydrogens is 210 g/mol. The zero-order chi connectivity index (χ0) is 13.3. The highest BCUT2D eigenvalue weighted by atomic mass is 16.2. The van der Waals surface area contributed by atoms with Crippen LogP contribution in [0, 0.1) is 16.7 Å². The lowest BCUT2D eigenvalue weighted by atomic mass is 9.75. The summed E-state index contributed by atoms with van der Waals surface area (Å²) in [6.45, 7) is 15.2. The molecule has 0 unspecified atom stereocenters. The Morgan fingerprint density at radius 3 is 1.88 bits per heavy atom. The fourth-order valence-electron chi connectivity index (χ4n) is 2.56. The minimum Gasteiger partial charge on any atom is -0.343 e. The first-order valence-electron chi connectivity index (χ1n) is 6.87. The molecule has 2 heteroatoms. The van der Waals surface area contributed by atoms with Crippen molar-refractivity contribution in [3.63, 3.8) is 0 Å². The predicted molar refractivity (Wildman–Crippen MR) is 72.8 cm³/mol. The van der Waals surface area contributed by atoms with Crippen LogP contribution < -0.4 is 0 Å². The molecule has 0 aromatic heterocycles. The van der Waals surface area contributed by atoms with Gasteiger partial charge in [-0.3, -0.25) is 4.79 Å². The van der Waals surface area contributed by atoms with Gasteiger partial charge in [-0.2, -0.15) is 0 Å². The second-order valence-corrected chi connectivity index (χ2v) is 7.76. The molecule has 2 nitrogen and oxygen atoms in total. The molecule has 0 aliphatic carbocycles. The normalized spacial score (nSPS) is 19.5. The second kappa shape index (κ2) is 4.99. The number of nitrogens with zero attached hydrogens (tertiary/aromatic N) is 1. The summed E-state index contributed by atoms with van der Waals surface area (Å²) >= 11 is 0. The summed E-state index contributed by atoms with van der Waals surface area (Å²) in [4.78, 5) is 14.2. The van der Waals surface area contributed by atoms with Crippen molar-refractivity contribution in [2.45, 2.75) is 60.8 Å². The Morgan fingerprint density at radius 2 is 1.53 bits per heavy atom. The van der Waals surface area contributed by atoms with Gasteiger partial charge in [-0.1, -0.05) is 41.5 Å². The average Bonchev–Trinajstić information content (AvgIpc) is 2.14. The van der Waals surface area contributed by atoms with Gasteiger partial charge in [0.15, 0.2) is 0 Å². The third kappa shape index (κ3) is 4.69. The smallest absolute Gasteiger partial charge is 0.223 e. The molecule has 0 radical (unpaired) electrons. The molecule has 17 heavy (non-hydrogen) atoms. The molecule has 0 atom stereocenters. The van der Waals surface area contributed by atoms with Gasteiger partial charge in [-0.15, -0.1) is 0 Å². The molecular formula is C15H29NO. The van der Waals surface area contributed by atoms with Crippen LogP contribution in [0.3, 0.4) is 0 Å². The molecule has 1 fully saturated rings. The Hall–Kier alpha value is -0.530. The number of hydrogen-bond acceptors (Lipinski definition) is 1. The number of carbonyl (C=O) groups excluding carboxylic acids is 1. The van der Waals surface area contributed by atoms with E-state index in [2.05, 4.69) is 46.4 Å². The maximum atomic E-state index is 12.1. The van der Waals surface area contributed by atoms with Crippen molar-refractivity contribution < 1.29 is 4.79 Å². The number of hydrogen-bond donors (Lipinski definition) is 0. The van der Waals surface area contributed by atoms with Gasteiger partial charge < -0.3 is 4.90 Å². The van der Waals surface area contributed by atoms with E-state index in [1.165, 1.54) is 12.8 Å². The summed E-state index contributed by atoms with van der Waals surface area (Å²) < 4.78 is 0. The van der Waals surface area contributed by atoms with Crippen LogP contribution in [0.1, 0.15) is 60.8 Å². The third-order valence-electron chi connectivity index (χ3n) is 3.75. The predicted octanol–water partition coefficient (Wildman–Crippen LogP) is 3.71. The van der Waals surface area contributed by atoms with E-state index in [1.807, 2.05) is 0 Å². The lowest BCUT2D eigenvalue weighted by Crippen LogP contribution is -2.42. The fraction of sp³-hybridized carbons (Fsp3) is 0.933. The highest BCUT2D eigenvalue weighted by Gasteiger charge is 2.31. The van der Waals surface area contributed by atoms with Crippen LogP contribution in [0.2, 0.25) is 0 Å². The maximum absolute atomic E-state index is 12.1. The van der Waals surface area contributed by atoms with Gasteiger partial charge in [0, 0.05) is 19.5 Å². The summed E-state index contributed by atoms with van der Waals surface area (Å²) in [6, 6.07) is 0. The summed E-state index contributed by atoms with van der Waals surface area (Å²) in [5.74, 6) is 1.10.